The molecule has 122 valence electrons. The maximum Gasteiger partial charge on any atom is 0.198 e. The summed E-state index contributed by atoms with van der Waals surface area (Å²) in [7, 11) is 1.55. The lowest BCUT2D eigenvalue weighted by molar-refractivity contribution is 0.103. The first-order valence-electron chi connectivity index (χ1n) is 6.99. The number of benzene rings is 2. The molecule has 0 aliphatic carbocycles. The molecule has 0 radical (unpaired) electrons. The van der Waals surface area contributed by atoms with Crippen molar-refractivity contribution in [1.82, 2.24) is 9.78 Å². The predicted octanol–water partition coefficient (Wildman–Crippen LogP) is 3.49. The number of hydrogen-bond donors (Lipinski definition) is 1. The van der Waals surface area contributed by atoms with E-state index in [9.17, 15) is 9.18 Å². The van der Waals surface area contributed by atoms with E-state index in [2.05, 4.69) is 5.10 Å². The van der Waals surface area contributed by atoms with E-state index in [0.717, 1.165) is 0 Å². The van der Waals surface area contributed by atoms with Gasteiger partial charge in [-0.1, -0.05) is 11.6 Å². The number of hydrogen-bond acceptors (Lipinski definition) is 4. The van der Waals surface area contributed by atoms with Gasteiger partial charge >= 0.3 is 0 Å². The Hall–Kier alpha value is -2.86. The number of aromatic nitrogens is 2. The van der Waals surface area contributed by atoms with Gasteiger partial charge in [0.15, 0.2) is 5.78 Å². The van der Waals surface area contributed by atoms with Gasteiger partial charge in [-0.2, -0.15) is 5.10 Å². The van der Waals surface area contributed by atoms with Crippen LogP contribution in [0.25, 0.3) is 5.69 Å². The summed E-state index contributed by atoms with van der Waals surface area (Å²) in [6.07, 6.45) is 1.37. The Balaban J connectivity index is 1.96. The van der Waals surface area contributed by atoms with Gasteiger partial charge in [-0.25, -0.2) is 9.07 Å². The van der Waals surface area contributed by atoms with E-state index in [-0.39, 0.29) is 22.2 Å². The Kier molecular flexibility index (Phi) is 4.22. The first-order chi connectivity index (χ1) is 11.5. The van der Waals surface area contributed by atoms with Gasteiger partial charge in [-0.3, -0.25) is 4.79 Å². The van der Waals surface area contributed by atoms with Crippen LogP contribution in [0.5, 0.6) is 5.75 Å². The number of nitrogens with zero attached hydrogens (tertiary/aromatic N) is 2. The average molecular weight is 346 g/mol. The van der Waals surface area contributed by atoms with Gasteiger partial charge in [-0.05, 0) is 42.5 Å². The summed E-state index contributed by atoms with van der Waals surface area (Å²) in [5, 5.41) is 4.05. The Bertz CT molecular complexity index is 907. The summed E-state index contributed by atoms with van der Waals surface area (Å²) in [4.78, 5) is 12.6. The van der Waals surface area contributed by atoms with Crippen LogP contribution in [0.2, 0.25) is 5.02 Å². The highest BCUT2D eigenvalue weighted by atomic mass is 35.5. The molecule has 3 rings (SSSR count). The largest absolute Gasteiger partial charge is 0.497 e. The third-order valence-electron chi connectivity index (χ3n) is 3.55. The van der Waals surface area contributed by atoms with Crippen LogP contribution in [0.4, 0.5) is 10.2 Å². The monoisotopic (exact) mass is 345 g/mol. The van der Waals surface area contributed by atoms with Crippen LogP contribution in [-0.2, 0) is 0 Å². The van der Waals surface area contributed by atoms with Gasteiger partial charge in [-0.15, -0.1) is 0 Å². The molecule has 0 atom stereocenters. The molecule has 5 nitrogen and oxygen atoms in total. The van der Waals surface area contributed by atoms with Gasteiger partial charge in [0, 0.05) is 5.56 Å². The second kappa shape index (κ2) is 6.33. The van der Waals surface area contributed by atoms with Crippen LogP contribution in [0.3, 0.4) is 0 Å². The Morgan fingerprint density at radius 1 is 1.25 bits per heavy atom. The van der Waals surface area contributed by atoms with Crippen LogP contribution in [0.15, 0.2) is 48.7 Å². The zero-order valence-corrected chi connectivity index (χ0v) is 13.4. The highest BCUT2D eigenvalue weighted by Gasteiger charge is 2.18. The zero-order valence-electron chi connectivity index (χ0n) is 12.7. The second-order valence-electron chi connectivity index (χ2n) is 5.01. The van der Waals surface area contributed by atoms with Crippen LogP contribution in [-0.4, -0.2) is 22.7 Å². The number of ketones is 1. The standard InChI is InChI=1S/C17H13ClFN3O2/c1-24-12-5-2-10(3-6-12)16(23)13-9-21-22(17(13)20)11-4-7-15(19)14(18)8-11/h2-9H,20H2,1H3. The Labute approximate surface area is 142 Å². The maximum absolute atomic E-state index is 13.3. The number of nitrogen functional groups attached to an aromatic ring is 1. The number of anilines is 1. The van der Waals surface area contributed by atoms with Crippen molar-refractivity contribution in [2.75, 3.05) is 12.8 Å². The van der Waals surface area contributed by atoms with Crippen molar-refractivity contribution in [2.24, 2.45) is 0 Å². The van der Waals surface area contributed by atoms with Crippen molar-refractivity contribution in [1.29, 1.82) is 0 Å². The fraction of sp³-hybridized carbons (Fsp3) is 0.0588. The fourth-order valence-corrected chi connectivity index (χ4v) is 2.43. The van der Waals surface area contributed by atoms with Gasteiger partial charge < -0.3 is 10.5 Å². The van der Waals surface area contributed by atoms with E-state index in [4.69, 9.17) is 22.1 Å². The van der Waals surface area contributed by atoms with Crippen molar-refractivity contribution in [3.63, 3.8) is 0 Å². The topological polar surface area (TPSA) is 70.1 Å². The van der Waals surface area contributed by atoms with Crippen LogP contribution < -0.4 is 10.5 Å². The van der Waals surface area contributed by atoms with E-state index in [1.54, 1.807) is 31.4 Å². The normalized spacial score (nSPS) is 10.6. The van der Waals surface area contributed by atoms with E-state index >= 15 is 0 Å². The number of nitrogens with two attached hydrogens (primary N) is 1. The number of ether oxygens (including phenoxy) is 1. The smallest absolute Gasteiger partial charge is 0.198 e. The SMILES string of the molecule is COc1ccc(C(=O)c2cnn(-c3ccc(F)c(Cl)c3)c2N)cc1. The Morgan fingerprint density at radius 3 is 2.58 bits per heavy atom. The minimum absolute atomic E-state index is 0.0505. The van der Waals surface area contributed by atoms with Crippen LogP contribution >= 0.6 is 11.6 Å². The van der Waals surface area contributed by atoms with Crippen molar-refractivity contribution < 1.29 is 13.9 Å². The number of carbonyl (C=O) groups is 1. The molecule has 0 bridgehead atoms. The molecular weight excluding hydrogens is 333 g/mol. The second-order valence-corrected chi connectivity index (χ2v) is 5.42. The number of rotatable bonds is 4. The molecule has 0 fully saturated rings. The minimum atomic E-state index is -0.541. The number of carbonyl (C=O) groups excluding carboxylic acids is 1. The van der Waals surface area contributed by atoms with Crippen LogP contribution in [0, 0.1) is 5.82 Å². The van der Waals surface area contributed by atoms with Crippen molar-refractivity contribution >= 4 is 23.2 Å². The molecule has 1 heterocycles. The molecule has 0 aliphatic heterocycles. The summed E-state index contributed by atoms with van der Waals surface area (Å²) in [5.41, 5.74) is 7.21. The lowest BCUT2D eigenvalue weighted by Gasteiger charge is -2.06. The predicted molar refractivity (Wildman–Crippen MR) is 89.4 cm³/mol. The molecule has 0 unspecified atom stereocenters. The molecule has 0 amide bonds. The molecule has 2 N–H and O–H groups in total. The van der Waals surface area contributed by atoms with Gasteiger partial charge in [0.1, 0.15) is 17.4 Å². The summed E-state index contributed by atoms with van der Waals surface area (Å²) in [6.45, 7) is 0. The molecule has 0 aliphatic rings. The summed E-state index contributed by atoms with van der Waals surface area (Å²) in [6, 6.07) is 10.7. The molecule has 3 aromatic rings. The third kappa shape index (κ3) is 2.83. The minimum Gasteiger partial charge on any atom is -0.497 e. The first kappa shape index (κ1) is 16.0. The van der Waals surface area contributed by atoms with Gasteiger partial charge in [0.05, 0.1) is 29.6 Å². The summed E-state index contributed by atoms with van der Waals surface area (Å²) in [5.74, 6) is -0.00930. The third-order valence-corrected chi connectivity index (χ3v) is 3.84. The molecule has 0 saturated carbocycles. The fourth-order valence-electron chi connectivity index (χ4n) is 2.25. The van der Waals surface area contributed by atoms with Crippen LogP contribution in [0.1, 0.15) is 15.9 Å². The average Bonchev–Trinajstić information content (AvgIpc) is 2.98. The quantitative estimate of drug-likeness (QED) is 0.735. The van der Waals surface area contributed by atoms with E-state index in [0.29, 0.717) is 17.0 Å². The van der Waals surface area contributed by atoms with E-state index < -0.39 is 5.82 Å². The van der Waals surface area contributed by atoms with Gasteiger partial charge in [0.2, 0.25) is 0 Å². The zero-order chi connectivity index (χ0) is 17.3. The molecule has 0 spiro atoms. The lowest BCUT2D eigenvalue weighted by Crippen LogP contribution is -2.07. The molecule has 1 aromatic heterocycles. The maximum atomic E-state index is 13.3. The molecular formula is C17H13ClFN3O2. The molecule has 2 aromatic carbocycles. The number of methoxy groups -OCH3 is 1. The first-order valence-corrected chi connectivity index (χ1v) is 7.36. The molecule has 7 heteroatoms. The summed E-state index contributed by atoms with van der Waals surface area (Å²) < 4.78 is 19.7. The highest BCUT2D eigenvalue weighted by molar-refractivity contribution is 6.30. The van der Waals surface area contributed by atoms with Crippen molar-refractivity contribution in [3.8, 4) is 11.4 Å². The highest BCUT2D eigenvalue weighted by Crippen LogP contribution is 2.24. The Morgan fingerprint density at radius 2 is 1.96 bits per heavy atom. The summed E-state index contributed by atoms with van der Waals surface area (Å²) >= 11 is 5.77. The van der Waals surface area contributed by atoms with Crippen molar-refractivity contribution in [3.05, 3.63) is 70.6 Å². The number of halogens is 2. The van der Waals surface area contributed by atoms with Gasteiger partial charge in [0.25, 0.3) is 0 Å². The molecule has 0 saturated heterocycles. The van der Waals surface area contributed by atoms with E-state index in [1.165, 1.54) is 29.1 Å². The van der Waals surface area contributed by atoms with E-state index in [1.807, 2.05) is 0 Å². The van der Waals surface area contributed by atoms with Crippen molar-refractivity contribution in [2.45, 2.75) is 0 Å². The lowest BCUT2D eigenvalue weighted by atomic mass is 10.1. The molecule has 24 heavy (non-hydrogen) atoms.